The van der Waals surface area contributed by atoms with Gasteiger partial charge in [-0.3, -0.25) is 4.90 Å². The quantitative estimate of drug-likeness (QED) is 0.838. The molecule has 2 rings (SSSR count). The van der Waals surface area contributed by atoms with Crippen molar-refractivity contribution in [1.29, 1.82) is 0 Å². The Morgan fingerprint density at radius 1 is 1.15 bits per heavy atom. The van der Waals surface area contributed by atoms with Crippen LogP contribution in [-0.2, 0) is 0 Å². The van der Waals surface area contributed by atoms with E-state index in [-0.39, 0.29) is 6.04 Å². The van der Waals surface area contributed by atoms with Gasteiger partial charge in [-0.15, -0.1) is 0 Å². The molecule has 20 heavy (non-hydrogen) atoms. The van der Waals surface area contributed by atoms with Crippen LogP contribution in [0.4, 0.5) is 0 Å². The third-order valence-electron chi connectivity index (χ3n) is 4.42. The summed E-state index contributed by atoms with van der Waals surface area (Å²) >= 11 is 0. The SMILES string of the molecule is CC(NCC(C(C)C)N1CCCC1)c1ccccc1O. The summed E-state index contributed by atoms with van der Waals surface area (Å²) in [5, 5.41) is 13.5. The maximum Gasteiger partial charge on any atom is 0.120 e. The van der Waals surface area contributed by atoms with E-state index in [9.17, 15) is 5.11 Å². The van der Waals surface area contributed by atoms with Crippen LogP contribution in [0.5, 0.6) is 5.75 Å². The van der Waals surface area contributed by atoms with Crippen molar-refractivity contribution in [3.05, 3.63) is 29.8 Å². The van der Waals surface area contributed by atoms with Crippen molar-refractivity contribution >= 4 is 0 Å². The minimum Gasteiger partial charge on any atom is -0.508 e. The van der Waals surface area contributed by atoms with E-state index in [2.05, 4.69) is 31.0 Å². The minimum absolute atomic E-state index is 0.181. The van der Waals surface area contributed by atoms with Gasteiger partial charge in [-0.05, 0) is 44.8 Å². The van der Waals surface area contributed by atoms with Crippen molar-refractivity contribution < 1.29 is 5.11 Å². The van der Waals surface area contributed by atoms with Crippen LogP contribution in [0.3, 0.4) is 0 Å². The van der Waals surface area contributed by atoms with Gasteiger partial charge in [0.15, 0.2) is 0 Å². The molecule has 3 heteroatoms. The van der Waals surface area contributed by atoms with Gasteiger partial charge in [-0.25, -0.2) is 0 Å². The van der Waals surface area contributed by atoms with Crippen molar-refractivity contribution in [3.63, 3.8) is 0 Å². The van der Waals surface area contributed by atoms with Gasteiger partial charge in [0.2, 0.25) is 0 Å². The highest BCUT2D eigenvalue weighted by molar-refractivity contribution is 5.34. The lowest BCUT2D eigenvalue weighted by Crippen LogP contribution is -2.44. The number of phenols is 1. The van der Waals surface area contributed by atoms with Crippen LogP contribution >= 0.6 is 0 Å². The van der Waals surface area contributed by atoms with E-state index in [0.717, 1.165) is 12.1 Å². The lowest BCUT2D eigenvalue weighted by atomic mass is 10.0. The van der Waals surface area contributed by atoms with Gasteiger partial charge < -0.3 is 10.4 Å². The van der Waals surface area contributed by atoms with Crippen LogP contribution in [0, 0.1) is 5.92 Å². The molecule has 0 bridgehead atoms. The maximum absolute atomic E-state index is 9.92. The normalized spacial score (nSPS) is 19.4. The molecule has 0 radical (unpaired) electrons. The summed E-state index contributed by atoms with van der Waals surface area (Å²) in [7, 11) is 0. The largest absolute Gasteiger partial charge is 0.508 e. The molecule has 2 atom stereocenters. The average Bonchev–Trinajstić information content (AvgIpc) is 2.92. The number of aromatic hydroxyl groups is 1. The van der Waals surface area contributed by atoms with Gasteiger partial charge in [-0.2, -0.15) is 0 Å². The van der Waals surface area contributed by atoms with E-state index in [1.54, 1.807) is 6.07 Å². The summed E-state index contributed by atoms with van der Waals surface area (Å²) in [5.74, 6) is 1.03. The Morgan fingerprint density at radius 2 is 1.80 bits per heavy atom. The van der Waals surface area contributed by atoms with E-state index in [0.29, 0.717) is 17.7 Å². The zero-order valence-electron chi connectivity index (χ0n) is 13.0. The molecular formula is C17H28N2O. The van der Waals surface area contributed by atoms with E-state index in [1.807, 2.05) is 18.2 Å². The highest BCUT2D eigenvalue weighted by Gasteiger charge is 2.25. The van der Waals surface area contributed by atoms with Crippen LogP contribution < -0.4 is 5.32 Å². The second kappa shape index (κ2) is 7.09. The Labute approximate surface area is 123 Å². The van der Waals surface area contributed by atoms with E-state index >= 15 is 0 Å². The second-order valence-electron chi connectivity index (χ2n) is 6.24. The Bertz CT molecular complexity index is 413. The molecule has 0 aromatic heterocycles. The summed E-state index contributed by atoms with van der Waals surface area (Å²) in [6.07, 6.45) is 2.66. The first kappa shape index (κ1) is 15.3. The number of para-hydroxylation sites is 1. The third kappa shape index (κ3) is 3.74. The smallest absolute Gasteiger partial charge is 0.120 e. The topological polar surface area (TPSA) is 35.5 Å². The highest BCUT2D eigenvalue weighted by atomic mass is 16.3. The van der Waals surface area contributed by atoms with Gasteiger partial charge >= 0.3 is 0 Å². The molecule has 2 N–H and O–H groups in total. The summed E-state index contributed by atoms with van der Waals surface area (Å²) in [5.41, 5.74) is 0.983. The van der Waals surface area contributed by atoms with Crippen LogP contribution in [0.15, 0.2) is 24.3 Å². The second-order valence-corrected chi connectivity index (χ2v) is 6.24. The molecule has 0 aliphatic carbocycles. The molecule has 2 unspecified atom stereocenters. The number of nitrogens with one attached hydrogen (secondary N) is 1. The fourth-order valence-electron chi connectivity index (χ4n) is 3.12. The molecule has 0 saturated carbocycles. The van der Waals surface area contributed by atoms with Gasteiger partial charge in [-0.1, -0.05) is 32.0 Å². The summed E-state index contributed by atoms with van der Waals surface area (Å²) in [6.45, 7) is 10.2. The van der Waals surface area contributed by atoms with Crippen molar-refractivity contribution in [2.24, 2.45) is 5.92 Å². The first-order chi connectivity index (χ1) is 9.59. The van der Waals surface area contributed by atoms with Crippen molar-refractivity contribution in [2.45, 2.75) is 45.7 Å². The van der Waals surface area contributed by atoms with Gasteiger partial charge in [0.1, 0.15) is 5.75 Å². The van der Waals surface area contributed by atoms with E-state index in [4.69, 9.17) is 0 Å². The maximum atomic E-state index is 9.92. The summed E-state index contributed by atoms with van der Waals surface area (Å²) in [4.78, 5) is 2.61. The lowest BCUT2D eigenvalue weighted by Gasteiger charge is -2.32. The summed E-state index contributed by atoms with van der Waals surface area (Å²) < 4.78 is 0. The standard InChI is InChI=1S/C17H28N2O/c1-13(2)16(19-10-6-7-11-19)12-18-14(3)15-8-4-5-9-17(15)20/h4-5,8-9,13-14,16,18,20H,6-7,10-12H2,1-3H3. The number of phenolic OH excluding ortho intramolecular Hbond substituents is 1. The fraction of sp³-hybridized carbons (Fsp3) is 0.647. The van der Waals surface area contributed by atoms with Gasteiger partial charge in [0, 0.05) is 24.2 Å². The molecule has 1 aromatic carbocycles. The van der Waals surface area contributed by atoms with Crippen molar-refractivity contribution in [2.75, 3.05) is 19.6 Å². The zero-order valence-corrected chi connectivity index (χ0v) is 13.0. The molecule has 1 fully saturated rings. The first-order valence-electron chi connectivity index (χ1n) is 7.85. The number of nitrogens with zero attached hydrogens (tertiary/aromatic N) is 1. The van der Waals surface area contributed by atoms with Crippen LogP contribution in [0.2, 0.25) is 0 Å². The highest BCUT2D eigenvalue weighted by Crippen LogP contribution is 2.24. The molecule has 112 valence electrons. The predicted molar refractivity (Wildman–Crippen MR) is 84.0 cm³/mol. The Hall–Kier alpha value is -1.06. The zero-order chi connectivity index (χ0) is 14.5. The van der Waals surface area contributed by atoms with Crippen molar-refractivity contribution in [1.82, 2.24) is 10.2 Å². The number of rotatable bonds is 6. The number of hydrogen-bond donors (Lipinski definition) is 2. The molecule has 3 nitrogen and oxygen atoms in total. The first-order valence-corrected chi connectivity index (χ1v) is 7.85. The van der Waals surface area contributed by atoms with Crippen LogP contribution in [-0.4, -0.2) is 35.7 Å². The number of benzene rings is 1. The minimum atomic E-state index is 0.181. The predicted octanol–water partition coefficient (Wildman–Crippen LogP) is 3.16. The molecular weight excluding hydrogens is 248 g/mol. The van der Waals surface area contributed by atoms with Crippen molar-refractivity contribution in [3.8, 4) is 5.75 Å². The van der Waals surface area contributed by atoms with E-state index in [1.165, 1.54) is 25.9 Å². The lowest BCUT2D eigenvalue weighted by molar-refractivity contribution is 0.182. The average molecular weight is 276 g/mol. The summed E-state index contributed by atoms with van der Waals surface area (Å²) in [6, 6.07) is 8.37. The number of hydrogen-bond acceptors (Lipinski definition) is 3. The Morgan fingerprint density at radius 3 is 2.40 bits per heavy atom. The molecule has 1 aliphatic rings. The monoisotopic (exact) mass is 276 g/mol. The van der Waals surface area contributed by atoms with E-state index < -0.39 is 0 Å². The molecule has 1 saturated heterocycles. The van der Waals surface area contributed by atoms with Gasteiger partial charge in [0.25, 0.3) is 0 Å². The van der Waals surface area contributed by atoms with Gasteiger partial charge in [0.05, 0.1) is 0 Å². The Balaban J connectivity index is 1.93. The molecule has 1 aromatic rings. The van der Waals surface area contributed by atoms with Crippen LogP contribution in [0.25, 0.3) is 0 Å². The third-order valence-corrected chi connectivity index (χ3v) is 4.42. The fourth-order valence-corrected chi connectivity index (χ4v) is 3.12. The molecule has 0 amide bonds. The Kier molecular flexibility index (Phi) is 5.44. The number of likely N-dealkylation sites (tertiary alicyclic amines) is 1. The molecule has 1 aliphatic heterocycles. The molecule has 1 heterocycles. The molecule has 0 spiro atoms. The van der Waals surface area contributed by atoms with Crippen LogP contribution in [0.1, 0.15) is 45.2 Å².